The maximum atomic E-state index is 11.3. The number of nitrogens with zero attached hydrogens (tertiary/aromatic N) is 1. The lowest BCUT2D eigenvalue weighted by molar-refractivity contribution is 0.436. The van der Waals surface area contributed by atoms with Crippen LogP contribution < -0.4 is 15.2 Å². The van der Waals surface area contributed by atoms with Gasteiger partial charge in [-0.15, -0.1) is 0 Å². The van der Waals surface area contributed by atoms with E-state index in [0.29, 0.717) is 18.1 Å². The van der Waals surface area contributed by atoms with Crippen molar-refractivity contribution in [1.82, 2.24) is 4.98 Å². The van der Waals surface area contributed by atoms with E-state index in [0.717, 1.165) is 17.1 Å². The Morgan fingerprint density at radius 2 is 1.88 bits per heavy atom. The monoisotopic (exact) mass is 373 g/mol. The van der Waals surface area contributed by atoms with Gasteiger partial charge in [0.05, 0.1) is 10.6 Å². The van der Waals surface area contributed by atoms with Crippen molar-refractivity contribution in [2.45, 2.75) is 25.7 Å². The van der Waals surface area contributed by atoms with E-state index in [1.165, 1.54) is 12.1 Å². The molecule has 0 saturated heterocycles. The summed E-state index contributed by atoms with van der Waals surface area (Å²) >= 11 is 0. The van der Waals surface area contributed by atoms with Crippen LogP contribution in [0.2, 0.25) is 0 Å². The van der Waals surface area contributed by atoms with Crippen LogP contribution in [0.25, 0.3) is 0 Å². The van der Waals surface area contributed by atoms with Gasteiger partial charge in [-0.05, 0) is 69.3 Å². The van der Waals surface area contributed by atoms with E-state index in [4.69, 9.17) is 9.88 Å². The van der Waals surface area contributed by atoms with Gasteiger partial charge in [-0.2, -0.15) is 0 Å². The van der Waals surface area contributed by atoms with Gasteiger partial charge in [0, 0.05) is 17.9 Å². The number of nitrogens with one attached hydrogen (secondary N) is 1. The number of aromatic nitrogens is 1. The summed E-state index contributed by atoms with van der Waals surface area (Å²) in [7, 11) is -3.68. The number of anilines is 1. The summed E-state index contributed by atoms with van der Waals surface area (Å²) in [4.78, 5) is 4.47. The van der Waals surface area contributed by atoms with Crippen molar-refractivity contribution in [2.75, 3.05) is 11.9 Å². The first-order valence-electron chi connectivity index (χ1n) is 8.11. The minimum Gasteiger partial charge on any atom is -0.456 e. The summed E-state index contributed by atoms with van der Waals surface area (Å²) in [5, 5.41) is 8.27. The van der Waals surface area contributed by atoms with E-state index in [2.05, 4.69) is 10.3 Å². The quantitative estimate of drug-likeness (QED) is 0.574. The van der Waals surface area contributed by atoms with Gasteiger partial charge in [0.2, 0.25) is 10.0 Å². The number of hydrogen-bond acceptors (Lipinski definition) is 5. The minimum absolute atomic E-state index is 0.0823. The fourth-order valence-electron chi connectivity index (χ4n) is 2.25. The van der Waals surface area contributed by atoms with Crippen LogP contribution in [0.5, 0.6) is 5.75 Å². The smallest absolute Gasteiger partial charge is 0.238 e. The standard InChI is InChI=1S/C19H23N3O3S/c1-4-5-17(25-19-11-6-14(2)22-15(19)3)12-13-21-16-7-9-18(10-8-16)26(20,23)24/h4-12,21H,13H2,1-3H3,(H2,20,23,24)/b5-4-,17-12+. The van der Waals surface area contributed by atoms with E-state index in [-0.39, 0.29) is 4.90 Å². The predicted molar refractivity (Wildman–Crippen MR) is 104 cm³/mol. The molecule has 0 bridgehead atoms. The number of hydrogen-bond donors (Lipinski definition) is 2. The highest BCUT2D eigenvalue weighted by atomic mass is 32.2. The predicted octanol–water partition coefficient (Wildman–Crippen LogP) is 3.30. The number of sulfonamides is 1. The van der Waals surface area contributed by atoms with Crippen molar-refractivity contribution in [3.05, 3.63) is 71.8 Å². The number of allylic oxidation sites excluding steroid dienone is 2. The highest BCUT2D eigenvalue weighted by Gasteiger charge is 2.06. The number of rotatable bonds is 7. The lowest BCUT2D eigenvalue weighted by Crippen LogP contribution is -2.12. The Kier molecular flexibility index (Phi) is 6.54. The van der Waals surface area contributed by atoms with Crippen molar-refractivity contribution >= 4 is 15.7 Å². The van der Waals surface area contributed by atoms with Gasteiger partial charge >= 0.3 is 0 Å². The molecule has 0 amide bonds. The summed E-state index contributed by atoms with van der Waals surface area (Å²) in [6, 6.07) is 10.1. The zero-order valence-corrected chi connectivity index (χ0v) is 15.9. The van der Waals surface area contributed by atoms with E-state index in [9.17, 15) is 8.42 Å². The number of primary sulfonamides is 1. The second-order valence-corrected chi connectivity index (χ2v) is 7.26. The van der Waals surface area contributed by atoms with E-state index in [1.54, 1.807) is 12.1 Å². The van der Waals surface area contributed by atoms with Gasteiger partial charge in [0.15, 0.2) is 0 Å². The fourth-order valence-corrected chi connectivity index (χ4v) is 2.76. The van der Waals surface area contributed by atoms with E-state index >= 15 is 0 Å². The summed E-state index contributed by atoms with van der Waals surface area (Å²) in [5.74, 6) is 1.40. The summed E-state index contributed by atoms with van der Waals surface area (Å²) in [6.07, 6.45) is 5.65. The Morgan fingerprint density at radius 3 is 2.46 bits per heavy atom. The molecule has 0 atom stereocenters. The largest absolute Gasteiger partial charge is 0.456 e. The zero-order valence-electron chi connectivity index (χ0n) is 15.1. The zero-order chi connectivity index (χ0) is 19.2. The van der Waals surface area contributed by atoms with Crippen LogP contribution in [-0.2, 0) is 10.0 Å². The Labute approximate surface area is 154 Å². The molecule has 26 heavy (non-hydrogen) atoms. The molecule has 0 spiro atoms. The van der Waals surface area contributed by atoms with Gasteiger partial charge in [0.1, 0.15) is 11.5 Å². The number of benzene rings is 1. The van der Waals surface area contributed by atoms with Gasteiger partial charge in [0.25, 0.3) is 0 Å². The SMILES string of the molecule is C/C=C\C(=C/CNc1ccc(S(N)(=O)=O)cc1)Oc1ccc(C)nc1C. The fraction of sp³-hybridized carbons (Fsp3) is 0.211. The van der Waals surface area contributed by atoms with Crippen LogP contribution in [0.1, 0.15) is 18.3 Å². The van der Waals surface area contributed by atoms with E-state index in [1.807, 2.05) is 51.1 Å². The van der Waals surface area contributed by atoms with Crippen LogP contribution in [-0.4, -0.2) is 19.9 Å². The molecule has 7 heteroatoms. The first-order chi connectivity index (χ1) is 12.3. The van der Waals surface area contributed by atoms with Crippen LogP contribution in [0, 0.1) is 13.8 Å². The third-order valence-corrected chi connectivity index (χ3v) is 4.46. The molecule has 0 aliphatic carbocycles. The number of nitrogens with two attached hydrogens (primary N) is 1. The molecule has 2 rings (SSSR count). The third kappa shape index (κ3) is 5.72. The van der Waals surface area contributed by atoms with Crippen LogP contribution in [0.3, 0.4) is 0 Å². The normalized spacial score (nSPS) is 12.4. The first-order valence-corrected chi connectivity index (χ1v) is 9.66. The Hall–Kier alpha value is -2.64. The van der Waals surface area contributed by atoms with Gasteiger partial charge in [-0.1, -0.05) is 6.08 Å². The third-order valence-electron chi connectivity index (χ3n) is 3.53. The van der Waals surface area contributed by atoms with Crippen molar-refractivity contribution in [1.29, 1.82) is 0 Å². The van der Waals surface area contributed by atoms with Gasteiger partial charge in [-0.3, -0.25) is 4.98 Å². The molecular weight excluding hydrogens is 350 g/mol. The highest BCUT2D eigenvalue weighted by Crippen LogP contribution is 2.19. The number of ether oxygens (including phenoxy) is 1. The highest BCUT2D eigenvalue weighted by molar-refractivity contribution is 7.89. The lowest BCUT2D eigenvalue weighted by atomic mass is 10.3. The average molecular weight is 373 g/mol. The second-order valence-electron chi connectivity index (χ2n) is 5.70. The maximum absolute atomic E-state index is 11.3. The van der Waals surface area contributed by atoms with Crippen molar-refractivity contribution in [2.24, 2.45) is 5.14 Å². The molecule has 1 heterocycles. The summed E-state index contributed by atoms with van der Waals surface area (Å²) in [5.41, 5.74) is 2.55. The molecule has 0 unspecified atom stereocenters. The summed E-state index contributed by atoms with van der Waals surface area (Å²) in [6.45, 7) is 6.26. The van der Waals surface area contributed by atoms with Crippen molar-refractivity contribution in [3.8, 4) is 5.75 Å². The van der Waals surface area contributed by atoms with E-state index < -0.39 is 10.0 Å². The van der Waals surface area contributed by atoms with Crippen LogP contribution >= 0.6 is 0 Å². The molecule has 0 fully saturated rings. The second kappa shape index (κ2) is 8.64. The van der Waals surface area contributed by atoms with Crippen LogP contribution in [0.15, 0.2) is 65.3 Å². The minimum atomic E-state index is -3.68. The molecule has 138 valence electrons. The molecule has 0 aliphatic heterocycles. The number of pyridine rings is 1. The maximum Gasteiger partial charge on any atom is 0.238 e. The van der Waals surface area contributed by atoms with Crippen molar-refractivity contribution in [3.63, 3.8) is 0 Å². The molecule has 0 saturated carbocycles. The molecule has 1 aromatic carbocycles. The topological polar surface area (TPSA) is 94.3 Å². The Bertz CT molecular complexity index is 918. The molecule has 0 aliphatic rings. The van der Waals surface area contributed by atoms with Crippen molar-refractivity contribution < 1.29 is 13.2 Å². The molecule has 0 radical (unpaired) electrons. The molecule has 2 aromatic rings. The Balaban J connectivity index is 2.05. The van der Waals surface area contributed by atoms with Crippen LogP contribution in [0.4, 0.5) is 5.69 Å². The number of aryl methyl sites for hydroxylation is 2. The summed E-state index contributed by atoms with van der Waals surface area (Å²) < 4.78 is 28.4. The van der Waals surface area contributed by atoms with Gasteiger partial charge < -0.3 is 10.1 Å². The average Bonchev–Trinajstić information content (AvgIpc) is 2.57. The molecular formula is C19H23N3O3S. The lowest BCUT2D eigenvalue weighted by Gasteiger charge is -2.10. The Morgan fingerprint density at radius 1 is 1.19 bits per heavy atom. The molecule has 6 nitrogen and oxygen atoms in total. The first kappa shape index (κ1) is 19.7. The van der Waals surface area contributed by atoms with Gasteiger partial charge in [-0.25, -0.2) is 13.6 Å². The molecule has 3 N–H and O–H groups in total. The molecule has 1 aromatic heterocycles.